The normalized spacial score (nSPS) is 46.7. The lowest BCUT2D eigenvalue weighted by Crippen LogP contribution is -2.67. The summed E-state index contributed by atoms with van der Waals surface area (Å²) in [7, 11) is 0. The monoisotopic (exact) mass is 466 g/mol. The maximum absolute atomic E-state index is 12.0. The van der Waals surface area contributed by atoms with Crippen molar-refractivity contribution in [3.63, 3.8) is 0 Å². The maximum atomic E-state index is 12.0. The maximum Gasteiger partial charge on any atom is 0.247 e. The van der Waals surface area contributed by atoms with Gasteiger partial charge in [0.05, 0.1) is 12.1 Å². The van der Waals surface area contributed by atoms with Gasteiger partial charge in [0.2, 0.25) is 5.91 Å². The Balaban J connectivity index is 1.48. The van der Waals surface area contributed by atoms with Crippen LogP contribution in [0.3, 0.4) is 0 Å². The number of carbonyl (C=O) groups excluding carboxylic acids is 1. The van der Waals surface area contributed by atoms with E-state index in [9.17, 15) is 4.79 Å². The van der Waals surface area contributed by atoms with Crippen LogP contribution in [0.2, 0.25) is 0 Å². The molecule has 0 aromatic carbocycles. The summed E-state index contributed by atoms with van der Waals surface area (Å²) < 4.78 is 0. The zero-order valence-corrected chi connectivity index (χ0v) is 19.0. The summed E-state index contributed by atoms with van der Waals surface area (Å²) in [5, 5.41) is 16.8. The van der Waals surface area contributed by atoms with E-state index in [1.54, 1.807) is 0 Å². The molecule has 1 amide bonds. The van der Waals surface area contributed by atoms with Crippen LogP contribution in [0.15, 0.2) is 0 Å². The average molecular weight is 468 g/mol. The van der Waals surface area contributed by atoms with Crippen LogP contribution >= 0.6 is 34.8 Å². The molecule has 4 rings (SSSR count). The number of carbonyl (C=O) groups is 1. The Labute approximate surface area is 188 Å². The topological polar surface area (TPSA) is 76.6 Å². The Hall–Kier alpha value is 0.180. The van der Waals surface area contributed by atoms with E-state index in [2.05, 4.69) is 15.5 Å². The first-order valence-electron chi connectivity index (χ1n) is 11.0. The Morgan fingerprint density at radius 3 is 2.55 bits per heavy atom. The van der Waals surface area contributed by atoms with Crippen LogP contribution in [0.25, 0.3) is 0 Å². The zero-order chi connectivity index (χ0) is 20.5. The number of likely N-dealkylation sites (tertiary alicyclic amines) is 1. The highest BCUT2D eigenvalue weighted by atomic mass is 35.5. The number of hydrogen-bond donors (Lipinski definition) is 4. The highest BCUT2D eigenvalue weighted by Crippen LogP contribution is 2.47. The van der Waals surface area contributed by atoms with Crippen LogP contribution in [0, 0.1) is 23.7 Å². The third-order valence-electron chi connectivity index (χ3n) is 7.71. The van der Waals surface area contributed by atoms with Gasteiger partial charge in [0.25, 0.3) is 0 Å². The predicted molar refractivity (Wildman–Crippen MR) is 115 cm³/mol. The number of nitrogens with zero attached hydrogens (tertiary/aromatic N) is 1. The number of rotatable bonds is 3. The fourth-order valence-corrected chi connectivity index (χ4v) is 7.44. The van der Waals surface area contributed by atoms with E-state index >= 15 is 0 Å². The van der Waals surface area contributed by atoms with Gasteiger partial charge < -0.3 is 5.32 Å². The lowest BCUT2D eigenvalue weighted by Gasteiger charge is -2.53. The van der Waals surface area contributed by atoms with Gasteiger partial charge in [-0.2, -0.15) is 0 Å². The van der Waals surface area contributed by atoms with Crippen LogP contribution in [0.5, 0.6) is 0 Å². The minimum atomic E-state index is -0.275. The molecule has 0 radical (unpaired) electrons. The molecular weight excluding hydrogens is 435 g/mol. The Morgan fingerprint density at radius 1 is 0.966 bits per heavy atom. The first-order valence-corrected chi connectivity index (χ1v) is 12.4. The molecule has 4 fully saturated rings. The molecule has 0 spiro atoms. The molecule has 2 saturated carbocycles. The van der Waals surface area contributed by atoms with E-state index in [1.807, 2.05) is 5.48 Å². The molecule has 2 aliphatic carbocycles. The minimum Gasteiger partial charge on any atom is -0.301 e. The largest absolute Gasteiger partial charge is 0.301 e. The molecule has 2 aliphatic heterocycles. The third-order valence-corrected chi connectivity index (χ3v) is 9.15. The average Bonchev–Trinajstić information content (AvgIpc) is 2.74. The molecule has 9 unspecified atom stereocenters. The number of fused-ring (bicyclic) bond motifs is 1. The van der Waals surface area contributed by atoms with E-state index in [0.717, 1.165) is 58.2 Å². The van der Waals surface area contributed by atoms with E-state index < -0.39 is 0 Å². The SMILES string of the molecule is O=C(NO)C1CCCN(C2NCNC3CC(Cl)C(C4CC(Cl)CCC4Cl)CC32)C1. The van der Waals surface area contributed by atoms with Gasteiger partial charge in [-0.3, -0.25) is 20.2 Å². The summed E-state index contributed by atoms with van der Waals surface area (Å²) in [6, 6.07) is 0.371. The molecule has 9 heteroatoms. The summed E-state index contributed by atoms with van der Waals surface area (Å²) in [4.78, 5) is 14.4. The highest BCUT2D eigenvalue weighted by molar-refractivity contribution is 6.23. The molecule has 2 heterocycles. The Morgan fingerprint density at radius 2 is 1.76 bits per heavy atom. The summed E-state index contributed by atoms with van der Waals surface area (Å²) in [5.74, 6) is 0.717. The number of piperidine rings is 1. The lowest BCUT2D eigenvalue weighted by molar-refractivity contribution is -0.136. The van der Waals surface area contributed by atoms with Crippen LogP contribution in [0.4, 0.5) is 0 Å². The lowest BCUT2D eigenvalue weighted by atomic mass is 9.67. The van der Waals surface area contributed by atoms with Crippen molar-refractivity contribution in [1.82, 2.24) is 21.0 Å². The van der Waals surface area contributed by atoms with Crippen LogP contribution < -0.4 is 16.1 Å². The number of hydrogen-bond acceptors (Lipinski definition) is 5. The Bertz CT molecular complexity index is 586. The van der Waals surface area contributed by atoms with Crippen LogP contribution in [0.1, 0.15) is 44.9 Å². The number of alkyl halides is 3. The first-order chi connectivity index (χ1) is 14.0. The molecule has 0 aromatic rings. The van der Waals surface area contributed by atoms with Crippen LogP contribution in [-0.2, 0) is 4.79 Å². The van der Waals surface area contributed by atoms with Gasteiger partial charge in [-0.05, 0) is 63.3 Å². The Kier molecular flexibility index (Phi) is 7.53. The molecule has 4 aliphatic rings. The molecule has 6 nitrogen and oxygen atoms in total. The van der Waals surface area contributed by atoms with Crippen LogP contribution in [-0.4, -0.2) is 64.1 Å². The molecule has 0 bridgehead atoms. The second-order valence-electron chi connectivity index (χ2n) is 9.35. The van der Waals surface area contributed by atoms with E-state index in [-0.39, 0.29) is 34.1 Å². The van der Waals surface area contributed by atoms with Gasteiger partial charge in [0.15, 0.2) is 0 Å². The van der Waals surface area contributed by atoms with Gasteiger partial charge in [-0.15, -0.1) is 34.8 Å². The van der Waals surface area contributed by atoms with Crippen molar-refractivity contribution in [3.05, 3.63) is 0 Å². The number of halogens is 3. The number of hydroxylamine groups is 1. The molecule has 9 atom stereocenters. The van der Waals surface area contributed by atoms with Crippen molar-refractivity contribution < 1.29 is 10.0 Å². The standard InChI is InChI=1S/C20H33Cl3N4O2/c21-12-3-4-16(22)13(6-12)14-7-15-18(8-17(14)23)24-10-25-19(15)27-5-1-2-11(9-27)20(28)26-29/h11-19,24-25,29H,1-10H2,(H,26,28). The second kappa shape index (κ2) is 9.76. The first kappa shape index (κ1) is 22.4. The van der Waals surface area contributed by atoms with Crippen molar-refractivity contribution in [2.24, 2.45) is 23.7 Å². The fraction of sp³-hybridized carbons (Fsp3) is 0.950. The van der Waals surface area contributed by atoms with Gasteiger partial charge in [-0.1, -0.05) is 0 Å². The fourth-order valence-electron chi connectivity index (χ4n) is 6.21. The quantitative estimate of drug-likeness (QED) is 0.292. The molecule has 2 saturated heterocycles. The van der Waals surface area contributed by atoms with Gasteiger partial charge in [0, 0.05) is 41.3 Å². The van der Waals surface area contributed by atoms with Crippen molar-refractivity contribution >= 4 is 40.7 Å². The zero-order valence-electron chi connectivity index (χ0n) is 16.7. The summed E-state index contributed by atoms with van der Waals surface area (Å²) in [5.41, 5.74) is 1.84. The van der Waals surface area contributed by atoms with Gasteiger partial charge >= 0.3 is 0 Å². The van der Waals surface area contributed by atoms with Gasteiger partial charge in [-0.25, -0.2) is 5.48 Å². The van der Waals surface area contributed by atoms with Crippen molar-refractivity contribution in [2.75, 3.05) is 19.8 Å². The molecular formula is C20H33Cl3N4O2. The second-order valence-corrected chi connectivity index (χ2v) is 11.1. The van der Waals surface area contributed by atoms with E-state index in [1.165, 1.54) is 0 Å². The van der Waals surface area contributed by atoms with Crippen molar-refractivity contribution in [1.29, 1.82) is 0 Å². The van der Waals surface area contributed by atoms with Crippen molar-refractivity contribution in [3.8, 4) is 0 Å². The van der Waals surface area contributed by atoms with Gasteiger partial charge in [0.1, 0.15) is 0 Å². The molecule has 4 N–H and O–H groups in total. The smallest absolute Gasteiger partial charge is 0.247 e. The third kappa shape index (κ3) is 4.84. The number of amides is 1. The summed E-state index contributed by atoms with van der Waals surface area (Å²) >= 11 is 20.2. The predicted octanol–water partition coefficient (Wildman–Crippen LogP) is 2.70. The molecule has 29 heavy (non-hydrogen) atoms. The molecule has 166 valence electrons. The summed E-state index contributed by atoms with van der Waals surface area (Å²) in [6.45, 7) is 2.39. The van der Waals surface area contributed by atoms with E-state index in [0.29, 0.717) is 30.3 Å². The summed E-state index contributed by atoms with van der Waals surface area (Å²) in [6.07, 6.45) is 6.88. The van der Waals surface area contributed by atoms with Crippen molar-refractivity contribution in [2.45, 2.75) is 73.3 Å². The number of nitrogens with one attached hydrogen (secondary N) is 3. The van der Waals surface area contributed by atoms with E-state index in [4.69, 9.17) is 40.0 Å². The molecule has 0 aromatic heterocycles. The minimum absolute atomic E-state index is 0.116. The highest BCUT2D eigenvalue weighted by Gasteiger charge is 2.48.